The average molecular weight is 1670 g/mol. The number of fused-ring (bicyclic) bond motifs is 30. The van der Waals surface area contributed by atoms with Crippen LogP contribution in [0.3, 0.4) is 0 Å². The van der Waals surface area contributed by atoms with Gasteiger partial charge in [0.1, 0.15) is 11.2 Å². The molecule has 16 aromatic carbocycles. The number of aromatic nitrogens is 10. The van der Waals surface area contributed by atoms with E-state index in [1.54, 1.807) is 0 Å². The van der Waals surface area contributed by atoms with Gasteiger partial charge in [0.15, 0.2) is 0 Å². The Morgan fingerprint density at radius 1 is 0.248 bits per heavy atom. The van der Waals surface area contributed by atoms with Gasteiger partial charge in [0.2, 0.25) is 17.8 Å². The molecule has 3 aliphatic rings. The van der Waals surface area contributed by atoms with E-state index in [0.29, 0.717) is 11.9 Å². The van der Waals surface area contributed by atoms with Crippen molar-refractivity contribution in [1.82, 2.24) is 48.2 Å². The average Bonchev–Trinajstić information content (AvgIpc) is 1.84. The second-order valence-electron chi connectivity index (χ2n) is 35.9. The first kappa shape index (κ1) is 74.4. The highest BCUT2D eigenvalue weighted by Crippen LogP contribution is 2.57. The van der Waals surface area contributed by atoms with E-state index < -0.39 is 0 Å². The van der Waals surface area contributed by atoms with Crippen LogP contribution in [0.15, 0.2) is 381 Å². The molecule has 0 bridgehead atoms. The third-order valence-corrected chi connectivity index (χ3v) is 28.9. The van der Waals surface area contributed by atoms with Crippen molar-refractivity contribution in [3.8, 4) is 90.7 Å². The fourth-order valence-corrected chi connectivity index (χ4v) is 23.0. The minimum Gasteiger partial charge on any atom is -0.455 e. The highest BCUT2D eigenvalue weighted by molar-refractivity contribution is 7.26. The lowest BCUT2D eigenvalue weighted by molar-refractivity contribution is 0.632. The molecule has 0 unspecified atom stereocenters. The zero-order chi connectivity index (χ0) is 85.9. The van der Waals surface area contributed by atoms with Crippen molar-refractivity contribution in [3.05, 3.63) is 410 Å². The number of rotatable bonds is 7. The van der Waals surface area contributed by atoms with Crippen molar-refractivity contribution in [2.24, 2.45) is 0 Å². The fourth-order valence-electron chi connectivity index (χ4n) is 21.8. The van der Waals surface area contributed by atoms with Crippen molar-refractivity contribution in [3.63, 3.8) is 0 Å². The predicted molar refractivity (Wildman–Crippen MR) is 533 cm³/mol. The number of hydrogen-bond donors (Lipinski definition) is 0. The highest BCUT2D eigenvalue weighted by Gasteiger charge is 2.44. The predicted octanol–water partition coefficient (Wildman–Crippen LogP) is 30.0. The number of benzene rings is 16. The Kier molecular flexibility index (Phi) is 16.1. The molecule has 0 atom stereocenters. The van der Waals surface area contributed by atoms with Crippen LogP contribution in [-0.2, 0) is 16.2 Å². The van der Waals surface area contributed by atoms with Crippen LogP contribution in [0.5, 0.6) is 0 Å². The van der Waals surface area contributed by atoms with Crippen molar-refractivity contribution in [2.75, 3.05) is 0 Å². The van der Waals surface area contributed by atoms with Gasteiger partial charge in [0, 0.05) is 124 Å². The van der Waals surface area contributed by atoms with Gasteiger partial charge in [-0.15, -0.1) is 11.3 Å². The minimum atomic E-state index is -0.279. The summed E-state index contributed by atoms with van der Waals surface area (Å²) < 4.78 is 18.3. The Balaban J connectivity index is 0.000000102. The summed E-state index contributed by atoms with van der Waals surface area (Å²) >= 11 is 1.87. The summed E-state index contributed by atoms with van der Waals surface area (Å²) in [6.07, 6.45) is 0. The molecule has 9 aromatic heterocycles. The van der Waals surface area contributed by atoms with Crippen LogP contribution in [0.25, 0.3) is 220 Å². The molecule has 0 radical (unpaired) electrons. The van der Waals surface area contributed by atoms with Crippen LogP contribution in [0.2, 0.25) is 0 Å². The Morgan fingerprint density at radius 3 is 1.06 bits per heavy atom. The summed E-state index contributed by atoms with van der Waals surface area (Å²) in [5.41, 5.74) is 31.4. The molecular formula is C117H80N10OS. The van der Waals surface area contributed by atoms with Crippen LogP contribution in [0.1, 0.15) is 75.3 Å². The number of para-hydroxylation sites is 6. The molecule has 12 heteroatoms. The number of furan rings is 1. The Labute approximate surface area is 746 Å². The molecule has 0 saturated carbocycles. The molecule has 0 saturated heterocycles. The maximum atomic E-state index is 6.51. The molecule has 0 aliphatic heterocycles. The van der Waals surface area contributed by atoms with Crippen LogP contribution in [0, 0.1) is 0 Å². The third kappa shape index (κ3) is 10.8. The molecule has 0 spiro atoms. The first-order valence-corrected chi connectivity index (χ1v) is 45.1. The summed E-state index contributed by atoms with van der Waals surface area (Å²) in [5.74, 6) is 2.08. The summed E-state index contributed by atoms with van der Waals surface area (Å²) in [4.78, 5) is 32.6. The lowest BCUT2D eigenvalue weighted by atomic mass is 9.85. The molecule has 3 aliphatic carbocycles. The van der Waals surface area contributed by atoms with Gasteiger partial charge in [-0.2, -0.15) is 0 Å². The van der Waals surface area contributed by atoms with E-state index in [9.17, 15) is 0 Å². The Hall–Kier alpha value is -16.0. The zero-order valence-electron chi connectivity index (χ0n) is 71.6. The summed E-state index contributed by atoms with van der Waals surface area (Å²) in [5, 5.41) is 14.4. The number of hydrogen-bond acceptors (Lipinski definition) is 8. The van der Waals surface area contributed by atoms with Crippen molar-refractivity contribution in [1.29, 1.82) is 0 Å². The lowest BCUT2D eigenvalue weighted by Crippen LogP contribution is -2.18. The maximum absolute atomic E-state index is 6.51. The van der Waals surface area contributed by atoms with Crippen LogP contribution >= 0.6 is 11.3 Å². The van der Waals surface area contributed by atoms with Gasteiger partial charge in [0.05, 0.1) is 83.7 Å². The van der Waals surface area contributed by atoms with Gasteiger partial charge in [0.25, 0.3) is 0 Å². The molecular weight excluding hydrogens is 1590 g/mol. The van der Waals surface area contributed by atoms with E-state index in [1.165, 1.54) is 96.9 Å². The molecule has 0 fully saturated rings. The Bertz CT molecular complexity index is 8700. The standard InChI is InChI=1S/C43H30N4.C37H25N3O.C37H25N3S/c1-43(2)33-22-12-9-20-31(33)38-39(27-15-5-3-6-16-27)44-42(45-41(38)43)47-35-24-14-11-21-32(35)37-36(47)26-25-30-29-19-10-13-23-34(29)46(40(30)37)28-17-7-4-8-18-28;2*1-37(2)27-17-9-6-15-25(27)32-33(22-12-4-3-5-13-22)38-36(39-35(32)37)40-28-18-10-7-16-26(28)31-29(40)21-20-24-23-14-8-11-19-30(23)41-34(24)31/h3-26H,1-2H3;2*3-21H,1-2H3. The van der Waals surface area contributed by atoms with E-state index in [0.717, 1.165) is 145 Å². The quantitative estimate of drug-likeness (QED) is 0.156. The van der Waals surface area contributed by atoms with E-state index in [-0.39, 0.29) is 16.2 Å². The second-order valence-corrected chi connectivity index (χ2v) is 36.9. The minimum absolute atomic E-state index is 0.245. The normalized spacial score (nSPS) is 13.7. The molecule has 25 aromatic rings. The fraction of sp³-hybridized carbons (Fsp3) is 0.0769. The molecule has 0 N–H and O–H groups in total. The van der Waals surface area contributed by atoms with Gasteiger partial charge in [-0.25, -0.2) is 29.9 Å². The summed E-state index contributed by atoms with van der Waals surface area (Å²) in [6, 6.07) is 133. The lowest BCUT2D eigenvalue weighted by Gasteiger charge is -2.21. The SMILES string of the molecule is CC1(C)c2ccccc2-c2c(-c3ccccc3)nc(-n3c4ccccc4c4c3ccc3c5ccccc5n(-c5ccccc5)c34)nc21.CC1(C)c2ccccc2-c2c(-c3ccccc3)nc(-n3c4ccccc4c4c5oc6ccccc6c5ccc43)nc21.CC1(C)c2ccccc2-c2c(-c3ccccc3)nc(-n3c4ccccc4c4c5sc6ccccc6c5ccc43)nc21. The van der Waals surface area contributed by atoms with Gasteiger partial charge in [-0.05, 0) is 106 Å². The molecule has 11 nitrogen and oxygen atoms in total. The largest absolute Gasteiger partial charge is 0.455 e. The van der Waals surface area contributed by atoms with Gasteiger partial charge in [-0.3, -0.25) is 13.7 Å². The molecule has 9 heterocycles. The van der Waals surface area contributed by atoms with Crippen LogP contribution in [-0.4, -0.2) is 48.2 Å². The Morgan fingerprint density at radius 2 is 0.589 bits per heavy atom. The van der Waals surface area contributed by atoms with Gasteiger partial charge < -0.3 is 8.98 Å². The van der Waals surface area contributed by atoms with Gasteiger partial charge in [-0.1, -0.05) is 345 Å². The third-order valence-electron chi connectivity index (χ3n) is 27.7. The van der Waals surface area contributed by atoms with Crippen molar-refractivity contribution >= 4 is 141 Å². The van der Waals surface area contributed by atoms with Crippen LogP contribution in [0.4, 0.5) is 0 Å². The van der Waals surface area contributed by atoms with E-state index >= 15 is 0 Å². The number of nitrogens with zero attached hydrogens (tertiary/aromatic N) is 10. The van der Waals surface area contributed by atoms with E-state index in [2.05, 4.69) is 424 Å². The molecule has 610 valence electrons. The van der Waals surface area contributed by atoms with E-state index in [1.807, 2.05) is 23.5 Å². The van der Waals surface area contributed by atoms with Crippen molar-refractivity contribution < 1.29 is 4.42 Å². The first-order chi connectivity index (χ1) is 63.3. The second kappa shape index (κ2) is 28.0. The summed E-state index contributed by atoms with van der Waals surface area (Å²) in [6.45, 7) is 13.7. The summed E-state index contributed by atoms with van der Waals surface area (Å²) in [7, 11) is 0. The van der Waals surface area contributed by atoms with Crippen LogP contribution < -0.4 is 0 Å². The zero-order valence-corrected chi connectivity index (χ0v) is 72.4. The smallest absolute Gasteiger partial charge is 0.235 e. The molecule has 129 heavy (non-hydrogen) atoms. The molecule has 28 rings (SSSR count). The monoisotopic (exact) mass is 1670 g/mol. The molecule has 0 amide bonds. The highest BCUT2D eigenvalue weighted by atomic mass is 32.1. The number of thiophene rings is 1. The van der Waals surface area contributed by atoms with Gasteiger partial charge >= 0.3 is 0 Å². The first-order valence-electron chi connectivity index (χ1n) is 44.3. The van der Waals surface area contributed by atoms with E-state index in [4.69, 9.17) is 34.3 Å². The topological polar surface area (TPSA) is 110 Å². The van der Waals surface area contributed by atoms with Crippen molar-refractivity contribution in [2.45, 2.75) is 57.8 Å². The maximum Gasteiger partial charge on any atom is 0.235 e.